The lowest BCUT2D eigenvalue weighted by Crippen LogP contribution is -2.32. The maximum atomic E-state index is 12.8. The van der Waals surface area contributed by atoms with E-state index in [1.165, 1.54) is 10.8 Å². The van der Waals surface area contributed by atoms with Crippen molar-refractivity contribution >= 4 is 28.7 Å². The van der Waals surface area contributed by atoms with Gasteiger partial charge < -0.3 is 10.4 Å². The summed E-state index contributed by atoms with van der Waals surface area (Å²) in [5.41, 5.74) is 0.788. The standard InChI is InChI=1S/C16H17N5O3S/c1-10(22)7-17-13(23)9-25-16-19-14-12(8-18-20-14)15(24)21(16)11-5-3-2-4-6-11/h2-6,8,10,22H,7,9H2,1H3,(H,17,23)(H,18,20). The van der Waals surface area contributed by atoms with E-state index in [-0.39, 0.29) is 23.8 Å². The Balaban J connectivity index is 1.93. The van der Waals surface area contributed by atoms with Gasteiger partial charge >= 0.3 is 0 Å². The molecule has 1 atom stereocenters. The molecule has 0 aliphatic rings. The van der Waals surface area contributed by atoms with Crippen molar-refractivity contribution in [3.63, 3.8) is 0 Å². The molecule has 0 saturated carbocycles. The van der Waals surface area contributed by atoms with E-state index in [2.05, 4.69) is 20.5 Å². The Morgan fingerprint density at radius 3 is 2.88 bits per heavy atom. The number of fused-ring (bicyclic) bond motifs is 1. The lowest BCUT2D eigenvalue weighted by molar-refractivity contribution is -0.118. The number of thioether (sulfide) groups is 1. The van der Waals surface area contributed by atoms with Crippen LogP contribution >= 0.6 is 11.8 Å². The number of para-hydroxylation sites is 1. The molecule has 8 nitrogen and oxygen atoms in total. The van der Waals surface area contributed by atoms with Crippen LogP contribution < -0.4 is 10.9 Å². The molecule has 3 rings (SSSR count). The van der Waals surface area contributed by atoms with Gasteiger partial charge in [-0.2, -0.15) is 5.10 Å². The predicted molar refractivity (Wildman–Crippen MR) is 94.9 cm³/mol. The number of aliphatic hydroxyl groups excluding tert-OH is 1. The van der Waals surface area contributed by atoms with Crippen molar-refractivity contribution in [2.75, 3.05) is 12.3 Å². The van der Waals surface area contributed by atoms with Gasteiger partial charge in [-0.15, -0.1) is 0 Å². The molecule has 9 heteroatoms. The fourth-order valence-corrected chi connectivity index (χ4v) is 3.05. The molecule has 3 aromatic rings. The third-order valence-corrected chi connectivity index (χ3v) is 4.33. The Morgan fingerprint density at radius 1 is 1.40 bits per heavy atom. The number of nitrogens with one attached hydrogen (secondary N) is 2. The average molecular weight is 359 g/mol. The Morgan fingerprint density at radius 2 is 2.16 bits per heavy atom. The molecule has 130 valence electrons. The summed E-state index contributed by atoms with van der Waals surface area (Å²) in [5.74, 6) is -0.171. The molecular formula is C16H17N5O3S. The van der Waals surface area contributed by atoms with Gasteiger partial charge in [0.25, 0.3) is 5.56 Å². The summed E-state index contributed by atoms with van der Waals surface area (Å²) >= 11 is 1.14. The zero-order valence-corrected chi connectivity index (χ0v) is 14.3. The van der Waals surface area contributed by atoms with Gasteiger partial charge in [0.2, 0.25) is 5.91 Å². The zero-order chi connectivity index (χ0) is 17.8. The molecule has 2 heterocycles. The van der Waals surface area contributed by atoms with Crippen LogP contribution in [0, 0.1) is 0 Å². The largest absolute Gasteiger partial charge is 0.392 e. The van der Waals surface area contributed by atoms with Crippen LogP contribution in [0.5, 0.6) is 0 Å². The van der Waals surface area contributed by atoms with Gasteiger partial charge in [-0.05, 0) is 19.1 Å². The molecule has 1 amide bonds. The molecule has 25 heavy (non-hydrogen) atoms. The maximum absolute atomic E-state index is 12.8. The van der Waals surface area contributed by atoms with Gasteiger partial charge in [-0.3, -0.25) is 19.3 Å². The van der Waals surface area contributed by atoms with Gasteiger partial charge in [-0.1, -0.05) is 30.0 Å². The molecule has 1 aromatic carbocycles. The van der Waals surface area contributed by atoms with Crippen molar-refractivity contribution in [1.29, 1.82) is 0 Å². The first-order chi connectivity index (χ1) is 12.1. The van der Waals surface area contributed by atoms with Gasteiger partial charge in [0.05, 0.1) is 23.7 Å². The van der Waals surface area contributed by atoms with Crippen LogP contribution in [-0.2, 0) is 4.79 Å². The van der Waals surface area contributed by atoms with Crippen LogP contribution in [0.1, 0.15) is 6.92 Å². The molecule has 0 aliphatic heterocycles. The minimum absolute atomic E-state index is 0.0750. The topological polar surface area (TPSA) is 113 Å². The summed E-state index contributed by atoms with van der Waals surface area (Å²) in [4.78, 5) is 29.1. The second kappa shape index (κ2) is 7.49. The lowest BCUT2D eigenvalue weighted by Gasteiger charge is -2.12. The van der Waals surface area contributed by atoms with Crippen LogP contribution in [0.2, 0.25) is 0 Å². The zero-order valence-electron chi connectivity index (χ0n) is 13.5. The number of carbonyl (C=O) groups excluding carboxylic acids is 1. The molecule has 0 radical (unpaired) electrons. The number of aromatic amines is 1. The number of hydrogen-bond acceptors (Lipinski definition) is 6. The van der Waals surface area contributed by atoms with E-state index >= 15 is 0 Å². The predicted octanol–water partition coefficient (Wildman–Crippen LogP) is 0.698. The number of benzene rings is 1. The second-order valence-corrected chi connectivity index (χ2v) is 6.39. The van der Waals surface area contributed by atoms with E-state index in [1.807, 2.05) is 18.2 Å². The highest BCUT2D eigenvalue weighted by Gasteiger charge is 2.15. The maximum Gasteiger partial charge on any atom is 0.269 e. The van der Waals surface area contributed by atoms with E-state index in [0.29, 0.717) is 21.9 Å². The van der Waals surface area contributed by atoms with Gasteiger partial charge in [-0.25, -0.2) is 4.98 Å². The van der Waals surface area contributed by atoms with Crippen LogP contribution in [0.4, 0.5) is 0 Å². The fraction of sp³-hybridized carbons (Fsp3) is 0.250. The number of aliphatic hydroxyl groups is 1. The lowest BCUT2D eigenvalue weighted by atomic mass is 10.3. The molecule has 0 spiro atoms. The summed E-state index contributed by atoms with van der Waals surface area (Å²) in [5, 5.41) is 19.2. The third kappa shape index (κ3) is 3.89. The summed E-state index contributed by atoms with van der Waals surface area (Å²) in [6.07, 6.45) is 0.823. The first-order valence-corrected chi connectivity index (χ1v) is 8.64. The molecule has 0 aliphatic carbocycles. The molecule has 2 aromatic heterocycles. The molecule has 0 saturated heterocycles. The van der Waals surface area contributed by atoms with E-state index in [4.69, 9.17) is 0 Å². The van der Waals surface area contributed by atoms with Crippen LogP contribution in [0.25, 0.3) is 16.7 Å². The number of carbonyl (C=O) groups is 1. The van der Waals surface area contributed by atoms with Crippen LogP contribution in [-0.4, -0.2) is 49.2 Å². The number of hydrogen-bond donors (Lipinski definition) is 3. The summed E-state index contributed by atoms with van der Waals surface area (Å²) in [6.45, 7) is 1.77. The number of H-pyrrole nitrogens is 1. The molecular weight excluding hydrogens is 342 g/mol. The quantitative estimate of drug-likeness (QED) is 0.441. The van der Waals surface area contributed by atoms with Crippen LogP contribution in [0.3, 0.4) is 0 Å². The smallest absolute Gasteiger partial charge is 0.269 e. The minimum Gasteiger partial charge on any atom is -0.392 e. The van der Waals surface area contributed by atoms with Crippen molar-refractivity contribution < 1.29 is 9.90 Å². The number of nitrogens with zero attached hydrogens (tertiary/aromatic N) is 3. The van der Waals surface area contributed by atoms with Crippen molar-refractivity contribution in [2.24, 2.45) is 0 Å². The normalized spacial score (nSPS) is 12.2. The van der Waals surface area contributed by atoms with Crippen molar-refractivity contribution in [3.05, 3.63) is 46.9 Å². The van der Waals surface area contributed by atoms with E-state index in [0.717, 1.165) is 11.8 Å². The van der Waals surface area contributed by atoms with Crippen molar-refractivity contribution in [2.45, 2.75) is 18.2 Å². The van der Waals surface area contributed by atoms with Gasteiger partial charge in [0.1, 0.15) is 5.39 Å². The fourth-order valence-electron chi connectivity index (χ4n) is 2.22. The van der Waals surface area contributed by atoms with Gasteiger partial charge in [0.15, 0.2) is 10.8 Å². The highest BCUT2D eigenvalue weighted by molar-refractivity contribution is 7.99. The van der Waals surface area contributed by atoms with E-state index in [1.54, 1.807) is 19.1 Å². The highest BCUT2D eigenvalue weighted by atomic mass is 32.2. The Kier molecular flexibility index (Phi) is 5.15. The van der Waals surface area contributed by atoms with E-state index in [9.17, 15) is 14.7 Å². The number of aromatic nitrogens is 4. The molecule has 0 bridgehead atoms. The Hall–Kier alpha value is -2.65. The summed E-state index contributed by atoms with van der Waals surface area (Å²) < 4.78 is 1.46. The first kappa shape index (κ1) is 17.2. The average Bonchev–Trinajstić information content (AvgIpc) is 3.08. The van der Waals surface area contributed by atoms with Crippen molar-refractivity contribution in [3.8, 4) is 5.69 Å². The number of amides is 1. The molecule has 1 unspecified atom stereocenters. The third-order valence-electron chi connectivity index (χ3n) is 3.39. The monoisotopic (exact) mass is 359 g/mol. The second-order valence-electron chi connectivity index (χ2n) is 5.44. The summed E-state index contributed by atoms with van der Waals surface area (Å²) in [6, 6.07) is 9.10. The number of rotatable bonds is 6. The highest BCUT2D eigenvalue weighted by Crippen LogP contribution is 2.20. The Bertz CT molecular complexity index is 936. The van der Waals surface area contributed by atoms with Gasteiger partial charge in [0, 0.05) is 6.54 Å². The van der Waals surface area contributed by atoms with Crippen LogP contribution in [0.15, 0.2) is 46.5 Å². The molecule has 0 fully saturated rings. The Labute approximate surface area is 147 Å². The van der Waals surface area contributed by atoms with E-state index < -0.39 is 6.10 Å². The summed E-state index contributed by atoms with van der Waals surface area (Å²) in [7, 11) is 0. The minimum atomic E-state index is -0.615. The van der Waals surface area contributed by atoms with Crippen molar-refractivity contribution in [1.82, 2.24) is 25.1 Å². The first-order valence-electron chi connectivity index (χ1n) is 7.65. The molecule has 3 N–H and O–H groups in total. The SMILES string of the molecule is CC(O)CNC(=O)CSc1nc2[nH]ncc2c(=O)n1-c1ccccc1.